The predicted octanol–water partition coefficient (Wildman–Crippen LogP) is 2.20. The van der Waals surface area contributed by atoms with E-state index in [0.717, 1.165) is 11.3 Å². The lowest BCUT2D eigenvalue weighted by Gasteiger charge is -2.20. The fraction of sp³-hybridized carbons (Fsp3) is 0.438. The molecule has 5 nitrogen and oxygen atoms in total. The van der Waals surface area contributed by atoms with E-state index in [2.05, 4.69) is 31.1 Å². The molecule has 0 aliphatic carbocycles. The monoisotopic (exact) mass is 291 g/mol. The molecule has 0 fully saturated rings. The Morgan fingerprint density at radius 1 is 1.48 bits per heavy atom. The molecule has 0 saturated carbocycles. The Hall–Kier alpha value is -2.01. The molecule has 5 heteroatoms. The average molecular weight is 291 g/mol. The Bertz CT molecular complexity index is 461. The number of hydrogen-bond acceptors (Lipinski definition) is 3. The number of carbonyl (C=O) groups excluding carboxylic acids is 1. The second-order valence-corrected chi connectivity index (χ2v) is 5.12. The van der Waals surface area contributed by atoms with Crippen molar-refractivity contribution >= 4 is 11.7 Å². The van der Waals surface area contributed by atoms with Crippen molar-refractivity contribution in [3.63, 3.8) is 0 Å². The van der Waals surface area contributed by atoms with Crippen molar-refractivity contribution in [1.82, 2.24) is 10.2 Å². The van der Waals surface area contributed by atoms with Gasteiger partial charge in [-0.1, -0.05) is 18.2 Å². The highest BCUT2D eigenvalue weighted by molar-refractivity contribution is 5.74. The van der Waals surface area contributed by atoms with Crippen LogP contribution in [0.3, 0.4) is 0 Å². The minimum atomic E-state index is -0.203. The lowest BCUT2D eigenvalue weighted by Crippen LogP contribution is -2.41. The fourth-order valence-electron chi connectivity index (χ4n) is 1.95. The van der Waals surface area contributed by atoms with Crippen LogP contribution in [0, 0.1) is 0 Å². The van der Waals surface area contributed by atoms with Crippen molar-refractivity contribution < 1.29 is 9.90 Å². The van der Waals surface area contributed by atoms with Crippen LogP contribution in [-0.4, -0.2) is 41.8 Å². The van der Waals surface area contributed by atoms with E-state index in [9.17, 15) is 4.79 Å². The van der Waals surface area contributed by atoms with Gasteiger partial charge in [-0.05, 0) is 31.5 Å². The quantitative estimate of drug-likeness (QED) is 0.643. The number of nitrogens with one attached hydrogen (secondary N) is 2. The lowest BCUT2D eigenvalue weighted by molar-refractivity contribution is 0.183. The van der Waals surface area contributed by atoms with Gasteiger partial charge in [-0.2, -0.15) is 0 Å². The first-order valence-corrected chi connectivity index (χ1v) is 7.16. The summed E-state index contributed by atoms with van der Waals surface area (Å²) in [6, 6.07) is 8.11. The standard InChI is InChI=1S/C16H25N3O2/c1-4-8-19(9-10-20)16(21)17-12-14-6-5-7-15(11-14)18-13(2)3/h4-7,11,13,18,20H,1,8-10,12H2,2-3H3,(H,17,21). The van der Waals surface area contributed by atoms with Crippen LogP contribution in [0.4, 0.5) is 10.5 Å². The Kier molecular flexibility index (Phi) is 7.32. The first-order chi connectivity index (χ1) is 10.1. The minimum absolute atomic E-state index is 0.0605. The van der Waals surface area contributed by atoms with Crippen LogP contribution < -0.4 is 10.6 Å². The number of urea groups is 1. The van der Waals surface area contributed by atoms with Gasteiger partial charge in [0, 0.05) is 31.4 Å². The van der Waals surface area contributed by atoms with E-state index in [-0.39, 0.29) is 12.6 Å². The molecule has 1 rings (SSSR count). The summed E-state index contributed by atoms with van der Waals surface area (Å²) in [5.41, 5.74) is 2.06. The van der Waals surface area contributed by atoms with E-state index < -0.39 is 0 Å². The van der Waals surface area contributed by atoms with Crippen molar-refractivity contribution in [1.29, 1.82) is 0 Å². The highest BCUT2D eigenvalue weighted by Gasteiger charge is 2.10. The molecule has 1 aromatic rings. The van der Waals surface area contributed by atoms with Crippen LogP contribution in [0.15, 0.2) is 36.9 Å². The largest absolute Gasteiger partial charge is 0.395 e. The molecule has 0 aromatic heterocycles. The maximum absolute atomic E-state index is 12.0. The third-order valence-electron chi connectivity index (χ3n) is 2.83. The maximum Gasteiger partial charge on any atom is 0.318 e. The van der Waals surface area contributed by atoms with Crippen molar-refractivity contribution in [3.8, 4) is 0 Å². The maximum atomic E-state index is 12.0. The number of anilines is 1. The SMILES string of the molecule is C=CCN(CCO)C(=O)NCc1cccc(NC(C)C)c1. The zero-order valence-electron chi connectivity index (χ0n) is 12.8. The van der Waals surface area contributed by atoms with Crippen LogP contribution in [0.2, 0.25) is 0 Å². The van der Waals surface area contributed by atoms with Gasteiger partial charge in [0.15, 0.2) is 0 Å². The number of aliphatic hydroxyl groups is 1. The van der Waals surface area contributed by atoms with Gasteiger partial charge in [-0.15, -0.1) is 6.58 Å². The van der Waals surface area contributed by atoms with Crippen LogP contribution in [0.1, 0.15) is 19.4 Å². The first kappa shape index (κ1) is 17.0. The third kappa shape index (κ3) is 6.31. The molecule has 0 radical (unpaired) electrons. The zero-order valence-corrected chi connectivity index (χ0v) is 12.8. The van der Waals surface area contributed by atoms with Crippen molar-refractivity contribution in [2.24, 2.45) is 0 Å². The summed E-state index contributed by atoms with van der Waals surface area (Å²) < 4.78 is 0. The molecule has 0 saturated heterocycles. The zero-order chi connectivity index (χ0) is 15.7. The normalized spacial score (nSPS) is 10.3. The van der Waals surface area contributed by atoms with Crippen molar-refractivity contribution in [2.45, 2.75) is 26.4 Å². The summed E-state index contributed by atoms with van der Waals surface area (Å²) >= 11 is 0. The molecule has 2 amide bonds. The van der Waals surface area contributed by atoms with Gasteiger partial charge in [0.1, 0.15) is 0 Å². The van der Waals surface area contributed by atoms with Crippen molar-refractivity contribution in [3.05, 3.63) is 42.5 Å². The molecule has 21 heavy (non-hydrogen) atoms. The highest BCUT2D eigenvalue weighted by atomic mass is 16.3. The number of amides is 2. The summed E-state index contributed by atoms with van der Waals surface area (Å²) in [5.74, 6) is 0. The van der Waals surface area contributed by atoms with Gasteiger partial charge in [0.05, 0.1) is 6.61 Å². The number of aliphatic hydroxyl groups excluding tert-OH is 1. The summed E-state index contributed by atoms with van der Waals surface area (Å²) in [6.07, 6.45) is 1.64. The van der Waals surface area contributed by atoms with E-state index in [1.807, 2.05) is 24.3 Å². The van der Waals surface area contributed by atoms with Crippen LogP contribution >= 0.6 is 0 Å². The van der Waals surface area contributed by atoms with Gasteiger partial charge in [0.25, 0.3) is 0 Å². The van der Waals surface area contributed by atoms with E-state index in [0.29, 0.717) is 25.7 Å². The van der Waals surface area contributed by atoms with Gasteiger partial charge >= 0.3 is 6.03 Å². The predicted molar refractivity (Wildman–Crippen MR) is 86.3 cm³/mol. The molecular weight excluding hydrogens is 266 g/mol. The topological polar surface area (TPSA) is 64.6 Å². The molecule has 0 aliphatic rings. The Labute approximate surface area is 126 Å². The van der Waals surface area contributed by atoms with Crippen LogP contribution in [-0.2, 0) is 6.54 Å². The summed E-state index contributed by atoms with van der Waals surface area (Å²) in [6.45, 7) is 8.88. The number of rotatable bonds is 8. The lowest BCUT2D eigenvalue weighted by atomic mass is 10.2. The first-order valence-electron chi connectivity index (χ1n) is 7.16. The summed E-state index contributed by atoms with van der Waals surface area (Å²) in [5, 5.41) is 15.1. The molecule has 0 unspecified atom stereocenters. The second kappa shape index (κ2) is 9.02. The number of carbonyl (C=O) groups is 1. The summed E-state index contributed by atoms with van der Waals surface area (Å²) in [7, 11) is 0. The minimum Gasteiger partial charge on any atom is -0.395 e. The van der Waals surface area contributed by atoms with Gasteiger partial charge in [-0.25, -0.2) is 4.79 Å². The molecule has 3 N–H and O–H groups in total. The number of hydrogen-bond donors (Lipinski definition) is 3. The van der Waals surface area contributed by atoms with Gasteiger partial charge in [-0.3, -0.25) is 0 Å². The molecule has 0 atom stereocenters. The average Bonchev–Trinajstić information content (AvgIpc) is 2.44. The molecule has 0 spiro atoms. The molecule has 0 heterocycles. The number of benzene rings is 1. The smallest absolute Gasteiger partial charge is 0.318 e. The Morgan fingerprint density at radius 2 is 2.24 bits per heavy atom. The molecule has 0 bridgehead atoms. The Morgan fingerprint density at radius 3 is 2.86 bits per heavy atom. The van der Waals surface area contributed by atoms with Crippen LogP contribution in [0.5, 0.6) is 0 Å². The van der Waals surface area contributed by atoms with Crippen molar-refractivity contribution in [2.75, 3.05) is 25.0 Å². The third-order valence-corrected chi connectivity index (χ3v) is 2.83. The molecule has 116 valence electrons. The Balaban J connectivity index is 2.57. The second-order valence-electron chi connectivity index (χ2n) is 5.12. The summed E-state index contributed by atoms with van der Waals surface area (Å²) in [4.78, 5) is 13.5. The van der Waals surface area contributed by atoms with Gasteiger partial charge < -0.3 is 20.6 Å². The van der Waals surface area contributed by atoms with Crippen LogP contribution in [0.25, 0.3) is 0 Å². The van der Waals surface area contributed by atoms with E-state index in [1.165, 1.54) is 4.90 Å². The number of nitrogens with zero attached hydrogens (tertiary/aromatic N) is 1. The molecule has 0 aliphatic heterocycles. The molecular formula is C16H25N3O2. The van der Waals surface area contributed by atoms with E-state index in [4.69, 9.17) is 5.11 Å². The molecule has 1 aromatic carbocycles. The van der Waals surface area contributed by atoms with E-state index >= 15 is 0 Å². The fourth-order valence-corrected chi connectivity index (χ4v) is 1.95. The highest BCUT2D eigenvalue weighted by Crippen LogP contribution is 2.11. The van der Waals surface area contributed by atoms with Gasteiger partial charge in [0.2, 0.25) is 0 Å². The van der Waals surface area contributed by atoms with E-state index in [1.54, 1.807) is 6.08 Å².